The van der Waals surface area contributed by atoms with Crippen molar-refractivity contribution in [1.82, 2.24) is 0 Å². The highest BCUT2D eigenvalue weighted by Gasteiger charge is 2.41. The standard InChI is InChI=1S/C18H20N2O5S2/c1-3-14-4-6-15(7-5-14)19-27(24,25)17-10-8-16(9-11-17)20-18(21)13(2)12-26(20,22)23/h4-11,13,19H,3,12H2,1-2H3/t13-/m0/s1. The van der Waals surface area contributed by atoms with Gasteiger partial charge in [0.05, 0.1) is 22.3 Å². The van der Waals surface area contributed by atoms with Crippen molar-refractivity contribution in [1.29, 1.82) is 0 Å². The molecule has 27 heavy (non-hydrogen) atoms. The molecule has 0 unspecified atom stereocenters. The fourth-order valence-corrected chi connectivity index (χ4v) is 5.75. The molecule has 2 aromatic rings. The fourth-order valence-electron chi connectivity index (χ4n) is 2.87. The summed E-state index contributed by atoms with van der Waals surface area (Å²) in [6.45, 7) is 3.55. The van der Waals surface area contributed by atoms with E-state index in [-0.39, 0.29) is 16.3 Å². The SMILES string of the molecule is CCc1ccc(NS(=O)(=O)c2ccc(N3C(=O)[C@@H](C)CS3(=O)=O)cc2)cc1. The summed E-state index contributed by atoms with van der Waals surface area (Å²) in [5, 5.41) is 0. The predicted molar refractivity (Wildman–Crippen MR) is 104 cm³/mol. The number of aryl methyl sites for hydroxylation is 1. The van der Waals surface area contributed by atoms with Crippen molar-refractivity contribution < 1.29 is 21.6 Å². The normalized spacial score (nSPS) is 19.3. The highest BCUT2D eigenvalue weighted by molar-refractivity contribution is 7.94. The lowest BCUT2D eigenvalue weighted by atomic mass is 10.2. The summed E-state index contributed by atoms with van der Waals surface area (Å²) in [5.41, 5.74) is 1.66. The van der Waals surface area contributed by atoms with Crippen LogP contribution < -0.4 is 9.03 Å². The molecule has 0 radical (unpaired) electrons. The summed E-state index contributed by atoms with van der Waals surface area (Å²) in [6, 6.07) is 12.2. The average molecular weight is 409 g/mol. The second-order valence-corrected chi connectivity index (χ2v) is 9.98. The number of nitrogens with one attached hydrogen (secondary N) is 1. The lowest BCUT2D eigenvalue weighted by Crippen LogP contribution is -2.30. The van der Waals surface area contributed by atoms with Gasteiger partial charge in [0.2, 0.25) is 15.9 Å². The van der Waals surface area contributed by atoms with E-state index in [1.54, 1.807) is 19.1 Å². The first-order valence-corrected chi connectivity index (χ1v) is 11.5. The van der Waals surface area contributed by atoms with Crippen LogP contribution in [0.5, 0.6) is 0 Å². The highest BCUT2D eigenvalue weighted by atomic mass is 32.2. The number of nitrogens with zero attached hydrogens (tertiary/aromatic N) is 1. The quantitative estimate of drug-likeness (QED) is 0.819. The number of benzene rings is 2. The van der Waals surface area contributed by atoms with Crippen LogP contribution in [0, 0.1) is 5.92 Å². The van der Waals surface area contributed by atoms with E-state index >= 15 is 0 Å². The van der Waals surface area contributed by atoms with Gasteiger partial charge in [0.1, 0.15) is 0 Å². The van der Waals surface area contributed by atoms with Crippen LogP contribution in [0.3, 0.4) is 0 Å². The Kier molecular flexibility index (Phi) is 5.00. The molecule has 3 rings (SSSR count). The van der Waals surface area contributed by atoms with Gasteiger partial charge in [-0.05, 0) is 48.4 Å². The van der Waals surface area contributed by atoms with E-state index in [1.807, 2.05) is 19.1 Å². The first kappa shape index (κ1) is 19.4. The second-order valence-electron chi connectivity index (χ2n) is 6.43. The van der Waals surface area contributed by atoms with Gasteiger partial charge >= 0.3 is 0 Å². The van der Waals surface area contributed by atoms with Crippen molar-refractivity contribution in [2.75, 3.05) is 14.8 Å². The summed E-state index contributed by atoms with van der Waals surface area (Å²) < 4.78 is 52.5. The minimum absolute atomic E-state index is 0.0251. The third-order valence-corrected chi connectivity index (χ3v) is 7.62. The van der Waals surface area contributed by atoms with Crippen molar-refractivity contribution in [3.8, 4) is 0 Å². The molecule has 1 aliphatic rings. The zero-order chi connectivity index (χ0) is 19.8. The van der Waals surface area contributed by atoms with Crippen molar-refractivity contribution in [2.45, 2.75) is 25.2 Å². The van der Waals surface area contributed by atoms with Gasteiger partial charge in [-0.3, -0.25) is 9.52 Å². The van der Waals surface area contributed by atoms with Crippen LogP contribution >= 0.6 is 0 Å². The first-order valence-electron chi connectivity index (χ1n) is 8.43. The van der Waals surface area contributed by atoms with E-state index in [4.69, 9.17) is 0 Å². The summed E-state index contributed by atoms with van der Waals surface area (Å²) in [5.74, 6) is -1.38. The van der Waals surface area contributed by atoms with E-state index in [9.17, 15) is 21.6 Å². The number of anilines is 2. The topological polar surface area (TPSA) is 101 Å². The number of hydrogen-bond acceptors (Lipinski definition) is 5. The van der Waals surface area contributed by atoms with Gasteiger partial charge in [-0.1, -0.05) is 26.0 Å². The molecule has 7 nitrogen and oxygen atoms in total. The molecule has 0 aliphatic carbocycles. The Morgan fingerprint density at radius 3 is 2.15 bits per heavy atom. The molecule has 1 heterocycles. The van der Waals surface area contributed by atoms with Crippen LogP contribution in [0.25, 0.3) is 0 Å². The highest BCUT2D eigenvalue weighted by Crippen LogP contribution is 2.29. The number of amides is 1. The van der Waals surface area contributed by atoms with E-state index in [0.717, 1.165) is 16.3 Å². The van der Waals surface area contributed by atoms with Gasteiger partial charge in [0, 0.05) is 5.69 Å². The molecule has 0 aromatic heterocycles. The smallest absolute Gasteiger partial charge is 0.261 e. The largest absolute Gasteiger partial charge is 0.280 e. The lowest BCUT2D eigenvalue weighted by Gasteiger charge is -2.16. The van der Waals surface area contributed by atoms with Crippen LogP contribution in [0.2, 0.25) is 0 Å². The van der Waals surface area contributed by atoms with Crippen molar-refractivity contribution in [2.24, 2.45) is 5.92 Å². The number of rotatable bonds is 5. The molecule has 1 amide bonds. The van der Waals surface area contributed by atoms with Gasteiger partial charge in [-0.2, -0.15) is 0 Å². The van der Waals surface area contributed by atoms with Crippen molar-refractivity contribution in [3.63, 3.8) is 0 Å². The van der Waals surface area contributed by atoms with Crippen LogP contribution in [0.1, 0.15) is 19.4 Å². The Bertz CT molecular complexity index is 1060. The number of hydrogen-bond donors (Lipinski definition) is 1. The predicted octanol–water partition coefficient (Wildman–Crippen LogP) is 2.36. The Morgan fingerprint density at radius 2 is 1.67 bits per heavy atom. The molecular weight excluding hydrogens is 388 g/mol. The minimum Gasteiger partial charge on any atom is -0.280 e. The van der Waals surface area contributed by atoms with E-state index in [0.29, 0.717) is 5.69 Å². The van der Waals surface area contributed by atoms with Gasteiger partial charge in [0.25, 0.3) is 10.0 Å². The summed E-state index contributed by atoms with van der Waals surface area (Å²) in [6.07, 6.45) is 0.852. The molecule has 0 saturated carbocycles. The third kappa shape index (κ3) is 3.84. The van der Waals surface area contributed by atoms with Crippen LogP contribution in [-0.2, 0) is 31.3 Å². The summed E-state index contributed by atoms with van der Waals surface area (Å²) >= 11 is 0. The molecule has 1 atom stereocenters. The minimum atomic E-state index is -3.83. The number of carbonyl (C=O) groups is 1. The molecule has 1 N–H and O–H groups in total. The molecular formula is C18H20N2O5S2. The second kappa shape index (κ2) is 6.97. The molecule has 144 valence electrons. The Labute approximate surface area is 159 Å². The van der Waals surface area contributed by atoms with E-state index < -0.39 is 31.9 Å². The Hall–Kier alpha value is -2.39. The monoisotopic (exact) mass is 408 g/mol. The molecule has 2 aromatic carbocycles. The molecule has 1 fully saturated rings. The summed E-state index contributed by atoms with van der Waals surface area (Å²) in [4.78, 5) is 12.1. The number of carbonyl (C=O) groups excluding carboxylic acids is 1. The average Bonchev–Trinajstić information content (AvgIpc) is 2.82. The molecule has 0 bridgehead atoms. The maximum absolute atomic E-state index is 12.5. The van der Waals surface area contributed by atoms with E-state index in [2.05, 4.69) is 4.72 Å². The lowest BCUT2D eigenvalue weighted by molar-refractivity contribution is -0.119. The van der Waals surface area contributed by atoms with Gasteiger partial charge in [-0.25, -0.2) is 21.1 Å². The van der Waals surface area contributed by atoms with Crippen molar-refractivity contribution >= 4 is 37.3 Å². The van der Waals surface area contributed by atoms with Crippen molar-refractivity contribution in [3.05, 3.63) is 54.1 Å². The van der Waals surface area contributed by atoms with Crippen LogP contribution in [0.15, 0.2) is 53.4 Å². The Morgan fingerprint density at radius 1 is 1.07 bits per heavy atom. The van der Waals surface area contributed by atoms with Gasteiger partial charge < -0.3 is 0 Å². The molecule has 9 heteroatoms. The van der Waals surface area contributed by atoms with Gasteiger partial charge in [0.15, 0.2) is 0 Å². The maximum atomic E-state index is 12.5. The zero-order valence-corrected chi connectivity index (χ0v) is 16.5. The maximum Gasteiger partial charge on any atom is 0.261 e. The number of sulfonamides is 2. The zero-order valence-electron chi connectivity index (χ0n) is 14.9. The first-order chi connectivity index (χ1) is 12.6. The Balaban J connectivity index is 1.84. The third-order valence-electron chi connectivity index (χ3n) is 4.36. The van der Waals surface area contributed by atoms with Crippen LogP contribution in [0.4, 0.5) is 11.4 Å². The molecule has 1 saturated heterocycles. The fraction of sp³-hybridized carbons (Fsp3) is 0.278. The molecule has 0 spiro atoms. The van der Waals surface area contributed by atoms with Gasteiger partial charge in [-0.15, -0.1) is 0 Å². The molecule has 1 aliphatic heterocycles. The van der Waals surface area contributed by atoms with Crippen LogP contribution in [-0.4, -0.2) is 28.5 Å². The summed E-state index contributed by atoms with van der Waals surface area (Å²) in [7, 11) is -7.55. The van der Waals surface area contributed by atoms with E-state index in [1.165, 1.54) is 24.3 Å².